The highest BCUT2D eigenvalue weighted by atomic mass is 79.9. The molecule has 26 heavy (non-hydrogen) atoms. The quantitative estimate of drug-likeness (QED) is 0.499. The highest BCUT2D eigenvalue weighted by Crippen LogP contribution is 2.16. The average Bonchev–Trinajstić information content (AvgIpc) is 2.61. The first kappa shape index (κ1) is 19.2. The average molecular weight is 413 g/mol. The Bertz CT molecular complexity index is 870. The van der Waals surface area contributed by atoms with Gasteiger partial charge in [-0.25, -0.2) is 0 Å². The fraction of sp³-hybridized carbons (Fsp3) is 0.105. The molecule has 0 aliphatic carbocycles. The van der Waals surface area contributed by atoms with Gasteiger partial charge in [-0.2, -0.15) is 5.26 Å². The van der Waals surface area contributed by atoms with E-state index in [0.29, 0.717) is 17.9 Å². The predicted octanol–water partition coefficient (Wildman–Crippen LogP) is 3.54. The molecule has 0 aliphatic rings. The highest BCUT2D eigenvalue weighted by molar-refractivity contribution is 9.10. The summed E-state index contributed by atoms with van der Waals surface area (Å²) in [5.74, 6) is -0.688. The van der Waals surface area contributed by atoms with Crippen LogP contribution < -0.4 is 16.0 Å². The maximum atomic E-state index is 12.2. The van der Waals surface area contributed by atoms with Crippen LogP contribution in [0.25, 0.3) is 0 Å². The van der Waals surface area contributed by atoms with Gasteiger partial charge in [0.2, 0.25) is 5.91 Å². The van der Waals surface area contributed by atoms with Gasteiger partial charge in [0.1, 0.15) is 11.6 Å². The predicted molar refractivity (Wildman–Crippen MR) is 104 cm³/mol. The van der Waals surface area contributed by atoms with Gasteiger partial charge in [0.25, 0.3) is 5.91 Å². The third-order valence-corrected chi connectivity index (χ3v) is 4.10. The lowest BCUT2D eigenvalue weighted by molar-refractivity contribution is -0.114. The maximum absolute atomic E-state index is 12.2. The first-order chi connectivity index (χ1) is 12.5. The van der Waals surface area contributed by atoms with E-state index in [1.54, 1.807) is 24.3 Å². The normalized spacial score (nSPS) is 10.6. The summed E-state index contributed by atoms with van der Waals surface area (Å²) in [6.07, 6.45) is 1.39. The molecule has 0 aliphatic heterocycles. The fourth-order valence-electron chi connectivity index (χ4n) is 2.09. The van der Waals surface area contributed by atoms with Crippen molar-refractivity contribution in [1.82, 2.24) is 5.32 Å². The van der Waals surface area contributed by atoms with Crippen molar-refractivity contribution < 1.29 is 9.59 Å². The molecule has 2 aromatic rings. The van der Waals surface area contributed by atoms with Crippen molar-refractivity contribution in [3.05, 3.63) is 70.3 Å². The second-order valence-electron chi connectivity index (χ2n) is 5.35. The summed E-state index contributed by atoms with van der Waals surface area (Å²) < 4.78 is 0.947. The molecule has 3 N–H and O–H groups in total. The van der Waals surface area contributed by atoms with Crippen LogP contribution in [0.4, 0.5) is 11.4 Å². The van der Waals surface area contributed by atoms with Gasteiger partial charge in [-0.05, 0) is 35.9 Å². The molecule has 0 bridgehead atoms. The molecule has 0 unspecified atom stereocenters. The maximum Gasteiger partial charge on any atom is 0.267 e. The molecule has 0 saturated carbocycles. The van der Waals surface area contributed by atoms with Crippen LogP contribution in [-0.2, 0) is 16.1 Å². The Balaban J connectivity index is 1.96. The molecular weight excluding hydrogens is 396 g/mol. The number of nitriles is 1. The van der Waals surface area contributed by atoms with E-state index in [4.69, 9.17) is 0 Å². The van der Waals surface area contributed by atoms with Crippen LogP contribution in [0, 0.1) is 11.3 Å². The Morgan fingerprint density at radius 2 is 1.69 bits per heavy atom. The number of amides is 2. The lowest BCUT2D eigenvalue weighted by Gasteiger charge is -2.07. The van der Waals surface area contributed by atoms with Crippen LogP contribution in [0.3, 0.4) is 0 Å². The van der Waals surface area contributed by atoms with Crippen molar-refractivity contribution in [1.29, 1.82) is 5.26 Å². The van der Waals surface area contributed by atoms with Gasteiger partial charge in [0.15, 0.2) is 0 Å². The number of halogens is 1. The zero-order chi connectivity index (χ0) is 18.9. The molecule has 6 nitrogen and oxygen atoms in total. The van der Waals surface area contributed by atoms with Gasteiger partial charge < -0.3 is 16.0 Å². The van der Waals surface area contributed by atoms with Gasteiger partial charge >= 0.3 is 0 Å². The van der Waals surface area contributed by atoms with Gasteiger partial charge in [-0.3, -0.25) is 9.59 Å². The van der Waals surface area contributed by atoms with E-state index in [9.17, 15) is 14.9 Å². The lowest BCUT2D eigenvalue weighted by Crippen LogP contribution is -2.16. The van der Waals surface area contributed by atoms with Crippen LogP contribution in [0.2, 0.25) is 0 Å². The lowest BCUT2D eigenvalue weighted by atomic mass is 10.2. The van der Waals surface area contributed by atoms with Crippen LogP contribution in [0.1, 0.15) is 12.5 Å². The summed E-state index contributed by atoms with van der Waals surface area (Å²) in [7, 11) is 0. The second-order valence-corrected chi connectivity index (χ2v) is 6.21. The molecule has 7 heteroatoms. The van der Waals surface area contributed by atoms with Crippen molar-refractivity contribution in [2.75, 3.05) is 10.6 Å². The number of carbonyl (C=O) groups excluding carboxylic acids is 2. The Morgan fingerprint density at radius 3 is 2.27 bits per heavy atom. The molecule has 0 heterocycles. The standard InChI is InChI=1S/C19H17BrN4O2/c1-13(25)23-16-6-8-17(9-7-16)24-19(26)15(10-21)12-22-11-14-4-2-3-5-18(14)20/h2-9,12,22H,11H2,1H3,(H,23,25)(H,24,26)/b15-12-. The van der Waals surface area contributed by atoms with E-state index < -0.39 is 5.91 Å². The van der Waals surface area contributed by atoms with Crippen molar-refractivity contribution in [2.45, 2.75) is 13.5 Å². The van der Waals surface area contributed by atoms with Crippen molar-refractivity contribution in [3.8, 4) is 6.07 Å². The first-order valence-electron chi connectivity index (χ1n) is 7.75. The monoisotopic (exact) mass is 412 g/mol. The van der Waals surface area contributed by atoms with Crippen LogP contribution >= 0.6 is 15.9 Å². The van der Waals surface area contributed by atoms with Crippen molar-refractivity contribution in [2.24, 2.45) is 0 Å². The largest absolute Gasteiger partial charge is 0.386 e. The Labute approximate surface area is 160 Å². The summed E-state index contributed by atoms with van der Waals surface area (Å²) in [5.41, 5.74) is 2.12. The molecule has 0 aromatic heterocycles. The summed E-state index contributed by atoms with van der Waals surface area (Å²) in [6.45, 7) is 1.89. The second kappa shape index (κ2) is 9.39. The van der Waals surface area contributed by atoms with Gasteiger partial charge in [0, 0.05) is 35.5 Å². The number of carbonyl (C=O) groups is 2. The third kappa shape index (κ3) is 5.76. The van der Waals surface area contributed by atoms with Crippen LogP contribution in [-0.4, -0.2) is 11.8 Å². The third-order valence-electron chi connectivity index (χ3n) is 3.32. The smallest absolute Gasteiger partial charge is 0.267 e. The Morgan fingerprint density at radius 1 is 1.08 bits per heavy atom. The number of anilines is 2. The number of nitrogens with one attached hydrogen (secondary N) is 3. The van der Waals surface area contributed by atoms with E-state index in [-0.39, 0.29) is 11.5 Å². The van der Waals surface area contributed by atoms with E-state index in [2.05, 4.69) is 31.9 Å². The number of benzene rings is 2. The Kier molecular flexibility index (Phi) is 6.94. The zero-order valence-electron chi connectivity index (χ0n) is 14.0. The van der Waals surface area contributed by atoms with Gasteiger partial charge in [0.05, 0.1) is 0 Å². The molecule has 0 saturated heterocycles. The van der Waals surface area contributed by atoms with E-state index in [1.165, 1.54) is 13.1 Å². The minimum atomic E-state index is -0.514. The van der Waals surface area contributed by atoms with Crippen LogP contribution in [0.5, 0.6) is 0 Å². The molecule has 2 aromatic carbocycles. The summed E-state index contributed by atoms with van der Waals surface area (Å²) >= 11 is 3.44. The summed E-state index contributed by atoms with van der Waals surface area (Å²) in [6, 6.07) is 16.2. The topological polar surface area (TPSA) is 94.0 Å². The molecule has 132 valence electrons. The van der Waals surface area contributed by atoms with E-state index >= 15 is 0 Å². The SMILES string of the molecule is CC(=O)Nc1ccc(NC(=O)/C(C#N)=C\NCc2ccccc2Br)cc1. The first-order valence-corrected chi connectivity index (χ1v) is 8.55. The van der Waals surface area contributed by atoms with Crippen molar-refractivity contribution >= 4 is 39.1 Å². The molecule has 2 amide bonds. The Hall–Kier alpha value is -3.11. The molecular formula is C19H17BrN4O2. The fourth-order valence-corrected chi connectivity index (χ4v) is 2.52. The number of nitrogens with zero attached hydrogens (tertiary/aromatic N) is 1. The van der Waals surface area contributed by atoms with Crippen LogP contribution in [0.15, 0.2) is 64.8 Å². The molecule has 0 spiro atoms. The number of hydrogen-bond acceptors (Lipinski definition) is 4. The minimum Gasteiger partial charge on any atom is -0.386 e. The van der Waals surface area contributed by atoms with Crippen molar-refractivity contribution in [3.63, 3.8) is 0 Å². The number of rotatable bonds is 6. The summed E-state index contributed by atoms with van der Waals surface area (Å²) in [5, 5.41) is 17.4. The molecule has 0 fully saturated rings. The van der Waals surface area contributed by atoms with Gasteiger partial charge in [-0.15, -0.1) is 0 Å². The molecule has 0 atom stereocenters. The van der Waals surface area contributed by atoms with E-state index in [1.807, 2.05) is 30.3 Å². The van der Waals surface area contributed by atoms with Gasteiger partial charge in [-0.1, -0.05) is 34.1 Å². The molecule has 0 radical (unpaired) electrons. The number of hydrogen-bond donors (Lipinski definition) is 3. The minimum absolute atomic E-state index is 0.0389. The van der Waals surface area contributed by atoms with E-state index in [0.717, 1.165) is 10.0 Å². The molecule has 2 rings (SSSR count). The zero-order valence-corrected chi connectivity index (χ0v) is 15.6. The highest BCUT2D eigenvalue weighted by Gasteiger charge is 2.09. The summed E-state index contributed by atoms with van der Waals surface area (Å²) in [4.78, 5) is 23.2.